The van der Waals surface area contributed by atoms with Crippen molar-refractivity contribution in [2.75, 3.05) is 0 Å². The van der Waals surface area contributed by atoms with E-state index in [2.05, 4.69) is 115 Å². The van der Waals surface area contributed by atoms with Gasteiger partial charge in [0, 0.05) is 16.7 Å². The molecule has 0 N–H and O–H groups in total. The van der Waals surface area contributed by atoms with Crippen molar-refractivity contribution in [3.63, 3.8) is 0 Å². The lowest BCUT2D eigenvalue weighted by Gasteiger charge is -2.19. The van der Waals surface area contributed by atoms with Crippen molar-refractivity contribution in [1.82, 2.24) is 15.0 Å². The van der Waals surface area contributed by atoms with Crippen molar-refractivity contribution < 1.29 is 0 Å². The van der Waals surface area contributed by atoms with Gasteiger partial charge in [-0.1, -0.05) is 152 Å². The molecule has 1 aromatic heterocycles. The smallest absolute Gasteiger partial charge is 0.164 e. The molecule has 0 fully saturated rings. The largest absolute Gasteiger partial charge is 0.208 e. The zero-order valence-corrected chi connectivity index (χ0v) is 27.5. The first kappa shape index (κ1) is 29.7. The van der Waals surface area contributed by atoms with E-state index in [0.717, 1.165) is 51.8 Å². The highest BCUT2D eigenvalue weighted by Gasteiger charge is 2.17. The van der Waals surface area contributed by atoms with Gasteiger partial charge in [0.25, 0.3) is 0 Å². The molecule has 0 atom stereocenters. The summed E-state index contributed by atoms with van der Waals surface area (Å²) in [6, 6.07) is 57.6. The van der Waals surface area contributed by atoms with Gasteiger partial charge in [-0.05, 0) is 92.4 Å². The molecular weight excluding hydrogens is 607 g/mol. The van der Waals surface area contributed by atoms with E-state index in [4.69, 9.17) is 15.0 Å². The van der Waals surface area contributed by atoms with Crippen LogP contribution in [0.1, 0.15) is 17.5 Å². The second-order valence-electron chi connectivity index (χ2n) is 12.8. The number of hydrogen-bond donors (Lipinski definition) is 0. The Morgan fingerprint density at radius 1 is 0.380 bits per heavy atom. The monoisotopic (exact) mass is 639 g/mol. The minimum atomic E-state index is 0.643. The minimum Gasteiger partial charge on any atom is -0.208 e. The van der Waals surface area contributed by atoms with Crippen molar-refractivity contribution in [1.29, 1.82) is 0 Å². The van der Waals surface area contributed by atoms with Gasteiger partial charge in [0.15, 0.2) is 17.5 Å². The van der Waals surface area contributed by atoms with Crippen molar-refractivity contribution in [2.45, 2.75) is 12.8 Å². The number of nitrogens with zero attached hydrogens (tertiary/aromatic N) is 3. The standard InChI is InChI=1S/C47H33N3/c1-4-14-32(15-5-1)38-28-39(33-24-26-34(27-25-33)44-31-37-20-10-11-21-41(37)42-22-12-13-23-43(42)44)30-40(29-38)47-49-45(35-16-6-2-7-17-35)48-46(50-47)36-18-8-3-9-19-36/h1-12,14-22,24-31H,13,23H2. The Morgan fingerprint density at radius 3 is 1.48 bits per heavy atom. The Labute approximate surface area is 292 Å². The molecule has 236 valence electrons. The normalized spacial score (nSPS) is 12.2. The molecule has 0 aliphatic heterocycles. The van der Waals surface area contributed by atoms with Gasteiger partial charge in [0.05, 0.1) is 0 Å². The summed E-state index contributed by atoms with van der Waals surface area (Å²) < 4.78 is 0. The molecule has 0 spiro atoms. The van der Waals surface area contributed by atoms with E-state index in [0.29, 0.717) is 17.5 Å². The highest BCUT2D eigenvalue weighted by Crippen LogP contribution is 2.38. The van der Waals surface area contributed by atoms with Crippen LogP contribution in [0, 0.1) is 0 Å². The number of benzene rings is 7. The lowest BCUT2D eigenvalue weighted by Crippen LogP contribution is -2.00. The molecule has 1 aliphatic rings. The van der Waals surface area contributed by atoms with E-state index in [1.807, 2.05) is 60.7 Å². The third-order valence-electron chi connectivity index (χ3n) is 9.57. The molecule has 0 saturated heterocycles. The van der Waals surface area contributed by atoms with Gasteiger partial charge in [0.2, 0.25) is 0 Å². The van der Waals surface area contributed by atoms with Crippen molar-refractivity contribution in [3.8, 4) is 67.5 Å². The maximum Gasteiger partial charge on any atom is 0.164 e. The highest BCUT2D eigenvalue weighted by molar-refractivity contribution is 5.97. The van der Waals surface area contributed by atoms with E-state index >= 15 is 0 Å². The molecule has 1 heterocycles. The summed E-state index contributed by atoms with van der Waals surface area (Å²) in [5.41, 5.74) is 12.7. The van der Waals surface area contributed by atoms with E-state index in [1.54, 1.807) is 0 Å². The molecule has 0 saturated carbocycles. The van der Waals surface area contributed by atoms with Crippen LogP contribution in [0.25, 0.3) is 84.4 Å². The Balaban J connectivity index is 1.18. The Morgan fingerprint density at radius 2 is 0.860 bits per heavy atom. The van der Waals surface area contributed by atoms with E-state index in [9.17, 15) is 0 Å². The summed E-state index contributed by atoms with van der Waals surface area (Å²) in [4.78, 5) is 15.0. The summed E-state index contributed by atoms with van der Waals surface area (Å²) in [5, 5.41) is 2.60. The van der Waals surface area contributed by atoms with Crippen LogP contribution in [0.3, 0.4) is 0 Å². The summed E-state index contributed by atoms with van der Waals surface area (Å²) in [5.74, 6) is 1.95. The first-order valence-electron chi connectivity index (χ1n) is 17.2. The molecule has 7 aromatic carbocycles. The Hall–Kier alpha value is -6.45. The topological polar surface area (TPSA) is 38.7 Å². The molecule has 0 bridgehead atoms. The molecule has 8 aromatic rings. The van der Waals surface area contributed by atoms with Gasteiger partial charge in [-0.25, -0.2) is 15.0 Å². The van der Waals surface area contributed by atoms with Crippen LogP contribution in [0.2, 0.25) is 0 Å². The summed E-state index contributed by atoms with van der Waals surface area (Å²) >= 11 is 0. The third-order valence-corrected chi connectivity index (χ3v) is 9.57. The third kappa shape index (κ3) is 5.69. The predicted molar refractivity (Wildman–Crippen MR) is 207 cm³/mol. The van der Waals surface area contributed by atoms with Crippen LogP contribution >= 0.6 is 0 Å². The highest BCUT2D eigenvalue weighted by atomic mass is 15.0. The van der Waals surface area contributed by atoms with Gasteiger partial charge < -0.3 is 0 Å². The summed E-state index contributed by atoms with van der Waals surface area (Å²) in [7, 11) is 0. The molecular formula is C47H33N3. The van der Waals surface area contributed by atoms with Crippen LogP contribution in [-0.2, 0) is 6.42 Å². The number of aromatic nitrogens is 3. The SMILES string of the molecule is C1=Cc2c(c(-c3ccc(-c4cc(-c5ccccc5)cc(-c5nc(-c6ccccc6)nc(-c6ccccc6)n5)c4)cc3)cc3ccccc23)CC1. The van der Waals surface area contributed by atoms with Gasteiger partial charge in [-0.2, -0.15) is 0 Å². The first-order chi connectivity index (χ1) is 24.8. The average Bonchev–Trinajstić information content (AvgIpc) is 3.21. The lowest BCUT2D eigenvalue weighted by molar-refractivity contribution is 0.992. The summed E-state index contributed by atoms with van der Waals surface area (Å²) in [6.45, 7) is 0. The fourth-order valence-electron chi connectivity index (χ4n) is 7.07. The van der Waals surface area contributed by atoms with Gasteiger partial charge >= 0.3 is 0 Å². The van der Waals surface area contributed by atoms with Crippen LogP contribution in [-0.4, -0.2) is 15.0 Å². The van der Waals surface area contributed by atoms with Crippen LogP contribution in [0.4, 0.5) is 0 Å². The van der Waals surface area contributed by atoms with E-state index in [1.165, 1.54) is 33.0 Å². The number of allylic oxidation sites excluding steroid dienone is 1. The molecule has 0 radical (unpaired) electrons. The lowest BCUT2D eigenvalue weighted by atomic mass is 9.85. The minimum absolute atomic E-state index is 0.643. The van der Waals surface area contributed by atoms with Crippen LogP contribution in [0.5, 0.6) is 0 Å². The maximum absolute atomic E-state index is 5.06. The average molecular weight is 640 g/mol. The van der Waals surface area contributed by atoms with E-state index in [-0.39, 0.29) is 0 Å². The van der Waals surface area contributed by atoms with Gasteiger partial charge in [-0.15, -0.1) is 0 Å². The van der Waals surface area contributed by atoms with Gasteiger partial charge in [-0.3, -0.25) is 0 Å². The molecule has 1 aliphatic carbocycles. The number of fused-ring (bicyclic) bond motifs is 3. The van der Waals surface area contributed by atoms with Crippen LogP contribution < -0.4 is 0 Å². The fourth-order valence-corrected chi connectivity index (χ4v) is 7.07. The van der Waals surface area contributed by atoms with Crippen molar-refractivity contribution in [3.05, 3.63) is 181 Å². The maximum atomic E-state index is 5.06. The quantitative estimate of drug-likeness (QED) is 0.182. The predicted octanol–water partition coefficient (Wildman–Crippen LogP) is 12.0. The molecule has 9 rings (SSSR count). The van der Waals surface area contributed by atoms with E-state index < -0.39 is 0 Å². The number of rotatable bonds is 6. The molecule has 3 heteroatoms. The van der Waals surface area contributed by atoms with Crippen molar-refractivity contribution >= 4 is 16.8 Å². The van der Waals surface area contributed by atoms with Gasteiger partial charge in [0.1, 0.15) is 0 Å². The first-order valence-corrected chi connectivity index (χ1v) is 17.2. The second-order valence-corrected chi connectivity index (χ2v) is 12.8. The second kappa shape index (κ2) is 12.9. The molecule has 3 nitrogen and oxygen atoms in total. The van der Waals surface area contributed by atoms with Crippen LogP contribution in [0.15, 0.2) is 170 Å². The summed E-state index contributed by atoms with van der Waals surface area (Å²) in [6.07, 6.45) is 6.74. The zero-order chi connectivity index (χ0) is 33.3. The molecule has 50 heavy (non-hydrogen) atoms. The number of hydrogen-bond acceptors (Lipinski definition) is 3. The molecule has 0 amide bonds. The molecule has 0 unspecified atom stereocenters. The fraction of sp³-hybridized carbons (Fsp3) is 0.0426. The van der Waals surface area contributed by atoms with Crippen molar-refractivity contribution in [2.24, 2.45) is 0 Å². The Bertz CT molecular complexity index is 2440. The zero-order valence-electron chi connectivity index (χ0n) is 27.5. The Kier molecular flexibility index (Phi) is 7.64.